The van der Waals surface area contributed by atoms with Crippen LogP contribution in [0.1, 0.15) is 24.2 Å². The summed E-state index contributed by atoms with van der Waals surface area (Å²) in [6.07, 6.45) is 0. The first-order chi connectivity index (χ1) is 7.06. The molecule has 0 bridgehead atoms. The maximum Gasteiger partial charge on any atom is 0.221 e. The molecule has 4 nitrogen and oxygen atoms in total. The molecule has 0 saturated heterocycles. The molecule has 1 aromatic heterocycles. The molecule has 0 radical (unpaired) electrons. The fourth-order valence-corrected chi connectivity index (χ4v) is 1.48. The lowest BCUT2D eigenvalue weighted by Gasteiger charge is -2.18. The van der Waals surface area contributed by atoms with Gasteiger partial charge in [0.1, 0.15) is 0 Å². The molecule has 3 N–H and O–H groups in total. The lowest BCUT2D eigenvalue weighted by Crippen LogP contribution is -2.28. The molecule has 0 spiro atoms. The molecule has 2 atom stereocenters. The highest BCUT2D eigenvalue weighted by atomic mass is 16.3. The van der Waals surface area contributed by atoms with Crippen LogP contribution in [0.2, 0.25) is 0 Å². The van der Waals surface area contributed by atoms with Crippen molar-refractivity contribution < 1.29 is 9.90 Å². The minimum absolute atomic E-state index is 0.124. The van der Waals surface area contributed by atoms with Crippen molar-refractivity contribution in [3.63, 3.8) is 0 Å². The molecule has 1 aromatic rings. The lowest BCUT2D eigenvalue weighted by molar-refractivity contribution is -0.122. The van der Waals surface area contributed by atoms with Gasteiger partial charge in [-0.15, -0.1) is 0 Å². The number of rotatable bonds is 4. The molecule has 0 aliphatic carbocycles. The molecule has 0 aliphatic rings. The number of carbonyl (C=O) groups excluding carboxylic acids is 1. The fourth-order valence-electron chi connectivity index (χ4n) is 1.48. The standard InChI is InChI=1S/C11H16N2O2/c1-7-4-3-5-10(13-7)9(6-14)8(2)11(12)15/h3-5,8-9,14H,6H2,1-2H3,(H2,12,15)/t8?,9-/m0/s1. The van der Waals surface area contributed by atoms with Gasteiger partial charge < -0.3 is 10.8 Å². The van der Waals surface area contributed by atoms with Gasteiger partial charge in [-0.25, -0.2) is 0 Å². The third-order valence-electron chi connectivity index (χ3n) is 2.54. The maximum absolute atomic E-state index is 11.0. The number of carbonyl (C=O) groups is 1. The maximum atomic E-state index is 11.0. The van der Waals surface area contributed by atoms with Gasteiger partial charge in [-0.1, -0.05) is 13.0 Å². The summed E-state index contributed by atoms with van der Waals surface area (Å²) >= 11 is 0. The van der Waals surface area contributed by atoms with Crippen molar-refractivity contribution in [2.24, 2.45) is 11.7 Å². The summed E-state index contributed by atoms with van der Waals surface area (Å²) in [4.78, 5) is 15.3. The molecule has 1 amide bonds. The van der Waals surface area contributed by atoms with E-state index in [-0.39, 0.29) is 12.5 Å². The Bertz CT molecular complexity index is 352. The lowest BCUT2D eigenvalue weighted by atomic mass is 9.90. The van der Waals surface area contributed by atoms with Crippen molar-refractivity contribution in [2.75, 3.05) is 6.61 Å². The predicted octanol–water partition coefficient (Wildman–Crippen LogP) is 0.587. The van der Waals surface area contributed by atoms with Crippen LogP contribution in [0.3, 0.4) is 0 Å². The second-order valence-corrected chi connectivity index (χ2v) is 3.68. The zero-order valence-corrected chi connectivity index (χ0v) is 8.97. The molecular formula is C11H16N2O2. The Morgan fingerprint density at radius 3 is 2.73 bits per heavy atom. The Kier molecular flexibility index (Phi) is 3.80. The number of nitrogens with two attached hydrogens (primary N) is 1. The van der Waals surface area contributed by atoms with E-state index in [4.69, 9.17) is 5.73 Å². The third kappa shape index (κ3) is 2.76. The first-order valence-corrected chi connectivity index (χ1v) is 4.90. The Labute approximate surface area is 89.1 Å². The zero-order chi connectivity index (χ0) is 11.4. The summed E-state index contributed by atoms with van der Waals surface area (Å²) < 4.78 is 0. The SMILES string of the molecule is Cc1cccc([C@@H](CO)C(C)C(N)=O)n1. The summed E-state index contributed by atoms with van der Waals surface area (Å²) in [5.74, 6) is -1.15. The van der Waals surface area contributed by atoms with E-state index in [9.17, 15) is 9.90 Å². The fraction of sp³-hybridized carbons (Fsp3) is 0.455. The topological polar surface area (TPSA) is 76.2 Å². The van der Waals surface area contributed by atoms with Crippen molar-refractivity contribution >= 4 is 5.91 Å². The van der Waals surface area contributed by atoms with Crippen molar-refractivity contribution in [1.82, 2.24) is 4.98 Å². The molecule has 4 heteroatoms. The first kappa shape index (κ1) is 11.7. The van der Waals surface area contributed by atoms with E-state index in [1.54, 1.807) is 13.0 Å². The summed E-state index contributed by atoms with van der Waals surface area (Å²) in [7, 11) is 0. The van der Waals surface area contributed by atoms with Crippen molar-refractivity contribution in [2.45, 2.75) is 19.8 Å². The number of aliphatic hydroxyl groups is 1. The number of aliphatic hydroxyl groups excluding tert-OH is 1. The van der Waals surface area contributed by atoms with Crippen molar-refractivity contribution in [3.05, 3.63) is 29.6 Å². The smallest absolute Gasteiger partial charge is 0.221 e. The Morgan fingerprint density at radius 2 is 2.27 bits per heavy atom. The van der Waals surface area contributed by atoms with Crippen LogP contribution in [0.15, 0.2) is 18.2 Å². The molecule has 82 valence electrons. The van der Waals surface area contributed by atoms with Gasteiger partial charge >= 0.3 is 0 Å². The van der Waals surface area contributed by atoms with E-state index >= 15 is 0 Å². The van der Waals surface area contributed by atoms with E-state index in [1.807, 2.05) is 19.1 Å². The Morgan fingerprint density at radius 1 is 1.60 bits per heavy atom. The second-order valence-electron chi connectivity index (χ2n) is 3.68. The monoisotopic (exact) mass is 208 g/mol. The minimum Gasteiger partial charge on any atom is -0.396 e. The summed E-state index contributed by atoms with van der Waals surface area (Å²) in [6, 6.07) is 5.52. The molecule has 1 heterocycles. The van der Waals surface area contributed by atoms with Crippen LogP contribution in [0.5, 0.6) is 0 Å². The first-order valence-electron chi connectivity index (χ1n) is 4.90. The highest BCUT2D eigenvalue weighted by molar-refractivity contribution is 5.77. The van der Waals surface area contributed by atoms with Crippen LogP contribution >= 0.6 is 0 Å². The van der Waals surface area contributed by atoms with Gasteiger partial charge in [-0.3, -0.25) is 9.78 Å². The number of amides is 1. The number of hydrogen-bond donors (Lipinski definition) is 2. The molecule has 15 heavy (non-hydrogen) atoms. The highest BCUT2D eigenvalue weighted by Gasteiger charge is 2.24. The van der Waals surface area contributed by atoms with Crippen LogP contribution in [-0.2, 0) is 4.79 Å². The number of aryl methyl sites for hydroxylation is 1. The number of aromatic nitrogens is 1. The van der Waals surface area contributed by atoms with Gasteiger partial charge in [0.25, 0.3) is 0 Å². The molecule has 0 fully saturated rings. The Hall–Kier alpha value is -1.42. The molecule has 0 aromatic carbocycles. The average Bonchev–Trinajstić information content (AvgIpc) is 2.18. The molecular weight excluding hydrogens is 192 g/mol. The summed E-state index contributed by atoms with van der Waals surface area (Å²) in [6.45, 7) is 3.45. The number of pyridine rings is 1. The van der Waals surface area contributed by atoms with Crippen LogP contribution in [0, 0.1) is 12.8 Å². The van der Waals surface area contributed by atoms with Gasteiger partial charge in [-0.05, 0) is 19.1 Å². The third-order valence-corrected chi connectivity index (χ3v) is 2.54. The van der Waals surface area contributed by atoms with E-state index in [0.29, 0.717) is 5.69 Å². The number of hydrogen-bond acceptors (Lipinski definition) is 3. The van der Waals surface area contributed by atoms with E-state index in [0.717, 1.165) is 5.69 Å². The molecule has 1 unspecified atom stereocenters. The van der Waals surface area contributed by atoms with Crippen LogP contribution in [0.4, 0.5) is 0 Å². The van der Waals surface area contributed by atoms with Crippen molar-refractivity contribution in [3.8, 4) is 0 Å². The highest BCUT2D eigenvalue weighted by Crippen LogP contribution is 2.22. The molecule has 1 rings (SSSR count). The van der Waals surface area contributed by atoms with E-state index in [2.05, 4.69) is 4.98 Å². The van der Waals surface area contributed by atoms with Crippen LogP contribution < -0.4 is 5.73 Å². The Balaban J connectivity index is 2.97. The van der Waals surface area contributed by atoms with Crippen LogP contribution in [0.25, 0.3) is 0 Å². The van der Waals surface area contributed by atoms with Crippen molar-refractivity contribution in [1.29, 1.82) is 0 Å². The largest absolute Gasteiger partial charge is 0.396 e. The van der Waals surface area contributed by atoms with E-state index in [1.165, 1.54) is 0 Å². The summed E-state index contributed by atoms with van der Waals surface area (Å²) in [5, 5.41) is 9.24. The second kappa shape index (κ2) is 4.89. The van der Waals surface area contributed by atoms with Crippen LogP contribution in [-0.4, -0.2) is 22.6 Å². The molecule has 0 aliphatic heterocycles. The number of primary amides is 1. The zero-order valence-electron chi connectivity index (χ0n) is 8.97. The number of nitrogens with zero attached hydrogens (tertiary/aromatic N) is 1. The normalized spacial score (nSPS) is 14.6. The quantitative estimate of drug-likeness (QED) is 0.760. The van der Waals surface area contributed by atoms with Gasteiger partial charge in [0.2, 0.25) is 5.91 Å². The van der Waals surface area contributed by atoms with Gasteiger partial charge in [0.05, 0.1) is 6.61 Å². The predicted molar refractivity (Wildman–Crippen MR) is 57.2 cm³/mol. The average molecular weight is 208 g/mol. The van der Waals surface area contributed by atoms with Gasteiger partial charge in [-0.2, -0.15) is 0 Å². The minimum atomic E-state index is -0.419. The molecule has 0 saturated carbocycles. The summed E-state index contributed by atoms with van der Waals surface area (Å²) in [5.41, 5.74) is 6.79. The van der Waals surface area contributed by atoms with Gasteiger partial charge in [0.15, 0.2) is 0 Å². The van der Waals surface area contributed by atoms with Gasteiger partial charge in [0, 0.05) is 23.2 Å². The van der Waals surface area contributed by atoms with E-state index < -0.39 is 11.8 Å².